The number of hydrogen-bond donors (Lipinski definition) is 0. The van der Waals surface area contributed by atoms with Gasteiger partial charge in [-0.3, -0.25) is 0 Å². The van der Waals surface area contributed by atoms with Gasteiger partial charge in [0.2, 0.25) is 0 Å². The Morgan fingerprint density at radius 1 is 1.12 bits per heavy atom. The predicted octanol–water partition coefficient (Wildman–Crippen LogP) is 3.49. The van der Waals surface area contributed by atoms with Gasteiger partial charge >= 0.3 is 6.18 Å². The topological polar surface area (TPSA) is 52.8 Å². The third-order valence-corrected chi connectivity index (χ3v) is 4.03. The van der Waals surface area contributed by atoms with Crippen molar-refractivity contribution in [2.75, 3.05) is 19.0 Å². The van der Waals surface area contributed by atoms with Crippen LogP contribution in [0.5, 0.6) is 0 Å². The minimum atomic E-state index is -4.30. The smallest absolute Gasteiger partial charge is 0.371 e. The van der Waals surface area contributed by atoms with Crippen molar-refractivity contribution < 1.29 is 17.9 Å². The van der Waals surface area contributed by atoms with Crippen LogP contribution >= 0.6 is 11.8 Å². The zero-order valence-corrected chi connectivity index (χ0v) is 13.2. The Bertz CT molecular complexity index is 807. The van der Waals surface area contributed by atoms with Gasteiger partial charge < -0.3 is 4.74 Å². The number of benzene rings is 1. The van der Waals surface area contributed by atoms with E-state index in [2.05, 4.69) is 19.8 Å². The van der Waals surface area contributed by atoms with Crippen LogP contribution in [0.25, 0.3) is 16.7 Å². The van der Waals surface area contributed by atoms with Gasteiger partial charge in [-0.1, -0.05) is 18.2 Å². The number of aromatic nitrogens is 4. The zero-order valence-electron chi connectivity index (χ0n) is 12.4. The first-order valence-corrected chi connectivity index (χ1v) is 8.04. The highest BCUT2D eigenvalue weighted by molar-refractivity contribution is 7.99. The highest BCUT2D eigenvalue weighted by Crippen LogP contribution is 2.25. The van der Waals surface area contributed by atoms with Gasteiger partial charge in [-0.15, -0.1) is 11.8 Å². The summed E-state index contributed by atoms with van der Waals surface area (Å²) in [5.74, 6) is 0.360. The van der Waals surface area contributed by atoms with E-state index in [0.29, 0.717) is 16.4 Å². The van der Waals surface area contributed by atoms with E-state index in [1.54, 1.807) is 10.9 Å². The average Bonchev–Trinajstić information content (AvgIpc) is 2.99. The molecule has 0 aliphatic heterocycles. The summed E-state index contributed by atoms with van der Waals surface area (Å²) in [5.41, 5.74) is 1.52. The molecule has 3 aromatic rings. The molecule has 0 fully saturated rings. The van der Waals surface area contributed by atoms with E-state index < -0.39 is 12.8 Å². The first kappa shape index (κ1) is 16.7. The van der Waals surface area contributed by atoms with Gasteiger partial charge in [-0.25, -0.2) is 14.6 Å². The largest absolute Gasteiger partial charge is 0.411 e. The van der Waals surface area contributed by atoms with Crippen molar-refractivity contribution in [2.45, 2.75) is 11.2 Å². The van der Waals surface area contributed by atoms with Crippen LogP contribution in [-0.4, -0.2) is 44.9 Å². The number of para-hydroxylation sites is 1. The second kappa shape index (κ2) is 7.18. The van der Waals surface area contributed by atoms with Crippen LogP contribution in [0.4, 0.5) is 13.2 Å². The maximum atomic E-state index is 12.0. The number of nitrogens with zero attached hydrogens (tertiary/aromatic N) is 4. The molecule has 0 aliphatic carbocycles. The van der Waals surface area contributed by atoms with Gasteiger partial charge in [0.15, 0.2) is 5.65 Å². The van der Waals surface area contributed by atoms with Crippen LogP contribution in [0.1, 0.15) is 0 Å². The SMILES string of the molecule is FC(F)(F)COCCSc1ncnc2c1cnn2-c1ccccc1. The average molecular weight is 354 g/mol. The molecule has 2 aromatic heterocycles. The molecule has 0 atom stereocenters. The molecule has 126 valence electrons. The molecule has 24 heavy (non-hydrogen) atoms. The highest BCUT2D eigenvalue weighted by atomic mass is 32.2. The molecule has 0 aliphatic rings. The van der Waals surface area contributed by atoms with E-state index in [-0.39, 0.29) is 6.61 Å². The van der Waals surface area contributed by atoms with Crippen LogP contribution in [0.15, 0.2) is 47.9 Å². The third-order valence-electron chi connectivity index (χ3n) is 3.06. The lowest BCUT2D eigenvalue weighted by Gasteiger charge is -2.07. The van der Waals surface area contributed by atoms with Crippen LogP contribution in [0.3, 0.4) is 0 Å². The number of thioether (sulfide) groups is 1. The summed E-state index contributed by atoms with van der Waals surface area (Å²) >= 11 is 1.31. The van der Waals surface area contributed by atoms with E-state index >= 15 is 0 Å². The summed E-state index contributed by atoms with van der Waals surface area (Å²) < 4.78 is 42.3. The molecule has 0 saturated heterocycles. The fourth-order valence-electron chi connectivity index (χ4n) is 2.08. The molecule has 0 spiro atoms. The second-order valence-corrected chi connectivity index (χ2v) is 5.91. The van der Waals surface area contributed by atoms with Crippen LogP contribution in [0.2, 0.25) is 0 Å². The molecule has 0 N–H and O–H groups in total. The van der Waals surface area contributed by atoms with Crippen LogP contribution in [0, 0.1) is 0 Å². The molecule has 0 saturated carbocycles. The van der Waals surface area contributed by atoms with E-state index in [9.17, 15) is 13.2 Å². The Morgan fingerprint density at radius 3 is 2.67 bits per heavy atom. The molecule has 5 nitrogen and oxygen atoms in total. The number of ether oxygens (including phenoxy) is 1. The molecule has 0 radical (unpaired) electrons. The number of halogens is 3. The Labute approximate surface area is 139 Å². The van der Waals surface area contributed by atoms with E-state index in [0.717, 1.165) is 11.1 Å². The summed E-state index contributed by atoms with van der Waals surface area (Å²) in [7, 11) is 0. The standard InChI is InChI=1S/C15H13F3N4OS/c16-15(17,18)9-23-6-7-24-14-12-8-21-22(13(12)19-10-20-14)11-4-2-1-3-5-11/h1-5,8,10H,6-7,9H2. The second-order valence-electron chi connectivity index (χ2n) is 4.82. The molecule has 2 heterocycles. The number of alkyl halides is 3. The van der Waals surface area contributed by atoms with Gasteiger partial charge in [0.05, 0.1) is 23.9 Å². The lowest BCUT2D eigenvalue weighted by Crippen LogP contribution is -2.17. The van der Waals surface area contributed by atoms with Crippen molar-refractivity contribution in [3.63, 3.8) is 0 Å². The monoisotopic (exact) mass is 354 g/mol. The maximum absolute atomic E-state index is 12.0. The third kappa shape index (κ3) is 4.04. The number of hydrogen-bond acceptors (Lipinski definition) is 5. The quantitative estimate of drug-likeness (QED) is 0.385. The molecule has 3 rings (SSSR count). The molecule has 9 heteroatoms. The fraction of sp³-hybridized carbons (Fsp3) is 0.267. The van der Waals surface area contributed by atoms with Gasteiger partial charge in [0.1, 0.15) is 18.0 Å². The van der Waals surface area contributed by atoms with Crippen LogP contribution in [-0.2, 0) is 4.74 Å². The van der Waals surface area contributed by atoms with Gasteiger partial charge in [-0.2, -0.15) is 18.3 Å². The van der Waals surface area contributed by atoms with Crippen molar-refractivity contribution in [3.05, 3.63) is 42.9 Å². The summed E-state index contributed by atoms with van der Waals surface area (Å²) in [6.45, 7) is -1.25. The van der Waals surface area contributed by atoms with E-state index in [1.165, 1.54) is 18.1 Å². The first-order valence-electron chi connectivity index (χ1n) is 7.06. The molecular formula is C15H13F3N4OS. The van der Waals surface area contributed by atoms with E-state index in [1.807, 2.05) is 30.3 Å². The molecular weight excluding hydrogens is 341 g/mol. The lowest BCUT2D eigenvalue weighted by atomic mass is 10.3. The summed E-state index contributed by atoms with van der Waals surface area (Å²) in [6, 6.07) is 9.53. The van der Waals surface area contributed by atoms with Crippen LogP contribution < -0.4 is 0 Å². The Kier molecular flexibility index (Phi) is 5.00. The minimum Gasteiger partial charge on any atom is -0.371 e. The number of rotatable bonds is 6. The lowest BCUT2D eigenvalue weighted by molar-refractivity contribution is -0.172. The van der Waals surface area contributed by atoms with Gasteiger partial charge in [-0.05, 0) is 12.1 Å². The van der Waals surface area contributed by atoms with Crippen molar-refractivity contribution in [3.8, 4) is 5.69 Å². The normalized spacial score (nSPS) is 12.0. The Hall–Kier alpha value is -2.13. The van der Waals surface area contributed by atoms with Crippen molar-refractivity contribution in [2.24, 2.45) is 0 Å². The molecule has 1 aromatic carbocycles. The maximum Gasteiger partial charge on any atom is 0.411 e. The minimum absolute atomic E-state index is 0.0114. The molecule has 0 amide bonds. The fourth-order valence-corrected chi connectivity index (χ4v) is 2.90. The zero-order chi connectivity index (χ0) is 17.0. The Morgan fingerprint density at radius 2 is 1.92 bits per heavy atom. The summed E-state index contributed by atoms with van der Waals surface area (Å²) in [5, 5.41) is 5.74. The van der Waals surface area contributed by atoms with Crippen molar-refractivity contribution in [1.29, 1.82) is 0 Å². The van der Waals surface area contributed by atoms with E-state index in [4.69, 9.17) is 0 Å². The summed E-state index contributed by atoms with van der Waals surface area (Å²) in [4.78, 5) is 8.43. The molecule has 0 bridgehead atoms. The van der Waals surface area contributed by atoms with Crippen molar-refractivity contribution >= 4 is 22.8 Å². The van der Waals surface area contributed by atoms with Gasteiger partial charge in [0, 0.05) is 5.75 Å². The molecule has 0 unspecified atom stereocenters. The Balaban J connectivity index is 1.70. The summed E-state index contributed by atoms with van der Waals surface area (Å²) in [6.07, 6.45) is -1.23. The van der Waals surface area contributed by atoms with Crippen molar-refractivity contribution in [1.82, 2.24) is 19.7 Å². The predicted molar refractivity (Wildman–Crippen MR) is 84.3 cm³/mol. The highest BCUT2D eigenvalue weighted by Gasteiger charge is 2.27. The number of fused-ring (bicyclic) bond motifs is 1. The van der Waals surface area contributed by atoms with Gasteiger partial charge in [0.25, 0.3) is 0 Å². The first-order chi connectivity index (χ1) is 11.5.